The van der Waals surface area contributed by atoms with Crippen LogP contribution in [0.2, 0.25) is 0 Å². The lowest BCUT2D eigenvalue weighted by atomic mass is 9.95. The van der Waals surface area contributed by atoms with Gasteiger partial charge in [-0.3, -0.25) is 10.2 Å². The summed E-state index contributed by atoms with van der Waals surface area (Å²) >= 11 is 0. The number of nitrogens with zero attached hydrogens (tertiary/aromatic N) is 1. The van der Waals surface area contributed by atoms with Gasteiger partial charge in [-0.05, 0) is 30.7 Å². The Labute approximate surface area is 335 Å². The van der Waals surface area contributed by atoms with Gasteiger partial charge in [0.2, 0.25) is 12.2 Å². The molecule has 13 atom stereocenters. The summed E-state index contributed by atoms with van der Waals surface area (Å²) in [6, 6.07) is -2.21. The second kappa shape index (κ2) is 19.5. The highest BCUT2D eigenvalue weighted by Crippen LogP contribution is 2.29. The zero-order valence-electron chi connectivity index (χ0n) is 31.5. The predicted molar refractivity (Wildman–Crippen MR) is 202 cm³/mol. The molecule has 0 saturated carbocycles. The standard InChI is InChI=1S/C33H49N13O13/c1-12-19(25(49)23(41-29(36)37)28(56-12)57-14-5-2-13(3-6-14)4-7-18(47)40-9-8-17(34)35)44-32(52)46-26-22(43-31(39)51)24(48)16(11-54-26)58-27-21(42-30(38)50)20-15(10-55-27)59-33(53)45-20/h2-7,12,15-16,19-28,48-49H,8-11H2,1H3,(H3,34,35)(H,40,47)(H,45,53)(H4,36,37,41)(H3,38,42,50)(H3,39,43,51)(H2,44,46,52)/b7-4+/t12-,15-,16-,19-,20+,21-,22-,23-,24+,25+,26+,27+,28-/m1/s1. The number of nitrogens with one attached hydrogen (secondary N) is 7. The fourth-order valence-corrected chi connectivity index (χ4v) is 6.70. The van der Waals surface area contributed by atoms with Gasteiger partial charge >= 0.3 is 24.2 Å². The highest BCUT2D eigenvalue weighted by atomic mass is 16.7. The van der Waals surface area contributed by atoms with Crippen molar-refractivity contribution in [3.8, 4) is 5.75 Å². The lowest BCUT2D eigenvalue weighted by Gasteiger charge is -2.44. The normalized spacial score (nSPS) is 32.6. The first-order valence-corrected chi connectivity index (χ1v) is 18.2. The van der Waals surface area contributed by atoms with Crippen LogP contribution in [0.3, 0.4) is 0 Å². The molecule has 59 heavy (non-hydrogen) atoms. The number of fused-ring (bicyclic) bond motifs is 1. The number of ether oxygens (including phenoxy) is 6. The van der Waals surface area contributed by atoms with E-state index in [1.807, 2.05) is 0 Å². The zero-order chi connectivity index (χ0) is 43.0. The van der Waals surface area contributed by atoms with Crippen LogP contribution in [0.1, 0.15) is 18.9 Å². The maximum absolute atomic E-state index is 13.4. The van der Waals surface area contributed by atoms with E-state index in [9.17, 15) is 34.2 Å². The Kier molecular flexibility index (Phi) is 14.5. The minimum absolute atomic E-state index is 0.0427. The van der Waals surface area contributed by atoms with Gasteiger partial charge in [-0.2, -0.15) is 0 Å². The third-order valence-corrected chi connectivity index (χ3v) is 9.46. The molecular weight excluding hydrogens is 786 g/mol. The highest BCUT2D eigenvalue weighted by molar-refractivity contribution is 5.92. The molecule has 4 aliphatic rings. The van der Waals surface area contributed by atoms with Gasteiger partial charge in [0.25, 0.3) is 0 Å². The topological polar surface area (TPSA) is 420 Å². The third kappa shape index (κ3) is 11.7. The monoisotopic (exact) mass is 835 g/mol. The van der Waals surface area contributed by atoms with Gasteiger partial charge in [0.15, 0.2) is 18.5 Å². The van der Waals surface area contributed by atoms with Crippen LogP contribution >= 0.6 is 0 Å². The summed E-state index contributed by atoms with van der Waals surface area (Å²) in [6.45, 7) is 1.24. The second-order valence-electron chi connectivity index (χ2n) is 13.8. The molecule has 4 saturated heterocycles. The maximum atomic E-state index is 13.4. The fraction of sp³-hybridized carbons (Fsp3) is 0.545. The molecule has 1 aromatic rings. The van der Waals surface area contributed by atoms with Crippen molar-refractivity contribution in [1.29, 1.82) is 5.41 Å². The number of carbonyl (C=O) groups is 5. The largest absolute Gasteiger partial charge is 0.462 e. The Bertz CT molecular complexity index is 1770. The number of urea groups is 3. The summed E-state index contributed by atoms with van der Waals surface area (Å²) in [4.78, 5) is 65.1. The van der Waals surface area contributed by atoms with E-state index >= 15 is 0 Å². The molecule has 4 fully saturated rings. The molecule has 0 aromatic heterocycles. The fourth-order valence-electron chi connectivity index (χ4n) is 6.70. The number of guanidine groups is 1. The number of hydrogen-bond donors (Lipinski definition) is 14. The maximum Gasteiger partial charge on any atom is 0.407 e. The second-order valence-corrected chi connectivity index (χ2v) is 13.8. The number of primary amides is 2. The molecule has 0 radical (unpaired) electrons. The number of benzene rings is 1. The molecule has 0 bridgehead atoms. The molecule has 26 heteroatoms. The number of alkyl carbamates (subject to hydrolysis) is 1. The number of aliphatic hydroxyl groups excluding tert-OH is 2. The van der Waals surface area contributed by atoms with Crippen LogP contribution in [-0.2, 0) is 28.5 Å². The van der Waals surface area contributed by atoms with Crippen molar-refractivity contribution in [2.24, 2.45) is 33.7 Å². The van der Waals surface area contributed by atoms with Crippen molar-refractivity contribution in [2.75, 3.05) is 19.8 Å². The van der Waals surface area contributed by atoms with Crippen LogP contribution in [0.5, 0.6) is 5.75 Å². The Morgan fingerprint density at radius 3 is 2.29 bits per heavy atom. The molecule has 0 spiro atoms. The summed E-state index contributed by atoms with van der Waals surface area (Å²) < 4.78 is 34.5. The number of aliphatic hydroxyl groups is 2. The number of aliphatic imine (C=N–C) groups is 1. The van der Waals surface area contributed by atoms with Crippen molar-refractivity contribution >= 4 is 48.0 Å². The summed E-state index contributed by atoms with van der Waals surface area (Å²) in [6.07, 6.45) is -7.64. The van der Waals surface area contributed by atoms with E-state index in [-0.39, 0.29) is 31.3 Å². The lowest BCUT2D eigenvalue weighted by Crippen LogP contribution is -2.70. The molecule has 0 unspecified atom stereocenters. The van der Waals surface area contributed by atoms with Gasteiger partial charge in [-0.15, -0.1) is 0 Å². The number of amidine groups is 1. The number of hydrogen-bond acceptors (Lipinski definition) is 15. The van der Waals surface area contributed by atoms with E-state index in [1.54, 1.807) is 37.3 Å². The van der Waals surface area contributed by atoms with Crippen molar-refractivity contribution in [2.45, 2.75) is 92.9 Å². The summed E-state index contributed by atoms with van der Waals surface area (Å²) in [5.74, 6) is -0.536. The molecule has 26 nitrogen and oxygen atoms in total. The highest BCUT2D eigenvalue weighted by Gasteiger charge is 2.51. The van der Waals surface area contributed by atoms with Crippen LogP contribution in [0.15, 0.2) is 35.3 Å². The van der Waals surface area contributed by atoms with E-state index < -0.39 is 116 Å². The van der Waals surface area contributed by atoms with Gasteiger partial charge in [0.1, 0.15) is 48.3 Å². The van der Waals surface area contributed by atoms with Crippen molar-refractivity contribution in [3.05, 3.63) is 35.9 Å². The Morgan fingerprint density at radius 2 is 1.63 bits per heavy atom. The summed E-state index contributed by atoms with van der Waals surface area (Å²) in [7, 11) is 0. The first-order valence-electron chi connectivity index (χ1n) is 18.2. The number of carbonyl (C=O) groups excluding carboxylic acids is 5. The van der Waals surface area contributed by atoms with Gasteiger partial charge in [-0.1, -0.05) is 12.1 Å². The van der Waals surface area contributed by atoms with Crippen LogP contribution in [0, 0.1) is 5.41 Å². The quantitative estimate of drug-likeness (QED) is 0.0474. The predicted octanol–water partition coefficient (Wildman–Crippen LogP) is -5.05. The first kappa shape index (κ1) is 43.9. The van der Waals surface area contributed by atoms with E-state index in [0.29, 0.717) is 11.3 Å². The van der Waals surface area contributed by atoms with Gasteiger partial charge in [0.05, 0.1) is 37.2 Å². The Morgan fingerprint density at radius 1 is 0.932 bits per heavy atom. The molecular formula is C33H49N13O13. The average Bonchev–Trinajstić information content (AvgIpc) is 3.55. The summed E-state index contributed by atoms with van der Waals surface area (Å²) in [5.41, 5.74) is 28.0. The molecule has 5 rings (SSSR count). The summed E-state index contributed by atoms with van der Waals surface area (Å²) in [5, 5.41) is 44.9. The van der Waals surface area contributed by atoms with Crippen LogP contribution in [-0.4, -0.2) is 151 Å². The van der Waals surface area contributed by atoms with Crippen molar-refractivity contribution in [1.82, 2.24) is 31.9 Å². The van der Waals surface area contributed by atoms with E-state index in [1.165, 1.54) is 6.08 Å². The average molecular weight is 836 g/mol. The molecule has 8 amide bonds. The minimum atomic E-state index is -1.61. The van der Waals surface area contributed by atoms with Gasteiger partial charge in [0, 0.05) is 19.0 Å². The Hall–Kier alpha value is -6.19. The Balaban J connectivity index is 1.20. The van der Waals surface area contributed by atoms with Crippen LogP contribution < -0.4 is 65.3 Å². The number of amides is 8. The first-order chi connectivity index (χ1) is 28.0. The molecule has 1 aromatic carbocycles. The molecule has 324 valence electrons. The molecule has 4 heterocycles. The minimum Gasteiger partial charge on any atom is -0.462 e. The van der Waals surface area contributed by atoms with Gasteiger partial charge in [-0.25, -0.2) is 24.2 Å². The van der Waals surface area contributed by atoms with Crippen LogP contribution in [0.4, 0.5) is 19.2 Å². The molecule has 0 aliphatic carbocycles. The zero-order valence-corrected chi connectivity index (χ0v) is 31.5. The molecule has 19 N–H and O–H groups in total. The third-order valence-electron chi connectivity index (χ3n) is 9.46. The SMILES string of the molecule is C[C@H]1O[C@H](Oc2ccc(/C=C/C(=O)NCCC(=N)N)cc2)[C@H](N=C(N)N)[C@@H](O)[C@@H]1NC(=O)N[C@H]1OC[C@@H](O[C@@H]2OC[C@H]3OC(=O)N[C@@H]3[C@H]2NC(N)=O)[C@H](O)[C@H]1NC(N)=O. The van der Waals surface area contributed by atoms with E-state index in [4.69, 9.17) is 62.5 Å². The van der Waals surface area contributed by atoms with Crippen molar-refractivity contribution < 1.29 is 62.6 Å². The van der Waals surface area contributed by atoms with Crippen LogP contribution in [0.25, 0.3) is 6.08 Å². The van der Waals surface area contributed by atoms with Crippen molar-refractivity contribution in [3.63, 3.8) is 0 Å². The van der Waals surface area contributed by atoms with Gasteiger partial charge < -0.3 is 99.2 Å². The smallest absolute Gasteiger partial charge is 0.407 e. The lowest BCUT2D eigenvalue weighted by molar-refractivity contribution is -0.260. The number of nitrogens with two attached hydrogens (primary N) is 5. The number of rotatable bonds is 14. The van der Waals surface area contributed by atoms with E-state index in [2.05, 4.69) is 36.9 Å². The van der Waals surface area contributed by atoms with E-state index in [0.717, 1.165) is 0 Å². The molecule has 4 aliphatic heterocycles.